The van der Waals surface area contributed by atoms with Crippen LogP contribution in [0.2, 0.25) is 0 Å². The van der Waals surface area contributed by atoms with Crippen LogP contribution in [-0.4, -0.2) is 31.5 Å². The van der Waals surface area contributed by atoms with Crippen LogP contribution in [0.4, 0.5) is 5.69 Å². The van der Waals surface area contributed by atoms with Gasteiger partial charge in [-0.1, -0.05) is 17.3 Å². The molecular formula is C20H19N7O3. The summed E-state index contributed by atoms with van der Waals surface area (Å²) in [5, 5.41) is 9.54. The molecule has 30 heavy (non-hydrogen) atoms. The van der Waals surface area contributed by atoms with Crippen LogP contribution in [0.25, 0.3) is 11.0 Å². The van der Waals surface area contributed by atoms with Gasteiger partial charge in [0.2, 0.25) is 0 Å². The van der Waals surface area contributed by atoms with Crippen molar-refractivity contribution >= 4 is 28.5 Å². The summed E-state index contributed by atoms with van der Waals surface area (Å²) < 4.78 is 6.72. The monoisotopic (exact) mass is 405 g/mol. The number of rotatable bonds is 7. The minimum absolute atomic E-state index is 0.0162. The average Bonchev–Trinajstić information content (AvgIpc) is 3.36. The van der Waals surface area contributed by atoms with E-state index in [0.717, 1.165) is 22.5 Å². The molecule has 2 aromatic carbocycles. The first-order valence-electron chi connectivity index (χ1n) is 9.16. The number of anilines is 1. The molecule has 0 radical (unpaired) electrons. The smallest absolute Gasteiger partial charge is 0.315 e. The fourth-order valence-electron chi connectivity index (χ4n) is 2.96. The molecule has 0 unspecified atom stereocenters. The molecular weight excluding hydrogens is 386 g/mol. The second kappa shape index (κ2) is 8.03. The topological polar surface area (TPSA) is 141 Å². The van der Waals surface area contributed by atoms with Crippen LogP contribution in [0, 0.1) is 0 Å². The molecule has 2 amide bonds. The Morgan fingerprint density at radius 1 is 1.07 bits per heavy atom. The fraction of sp³-hybridized carbons (Fsp3) is 0.150. The van der Waals surface area contributed by atoms with E-state index in [4.69, 9.17) is 5.73 Å². The number of imidazole rings is 1. The number of aryl methyl sites for hydroxylation is 1. The van der Waals surface area contributed by atoms with Crippen molar-refractivity contribution in [2.75, 3.05) is 5.32 Å². The molecule has 10 nitrogen and oxygen atoms in total. The molecule has 0 spiro atoms. The zero-order chi connectivity index (χ0) is 21.1. The van der Waals surface area contributed by atoms with Crippen LogP contribution in [-0.2, 0) is 20.1 Å². The van der Waals surface area contributed by atoms with Crippen molar-refractivity contribution in [3.05, 3.63) is 71.6 Å². The predicted octanol–water partition coefficient (Wildman–Crippen LogP) is 1.60. The van der Waals surface area contributed by atoms with E-state index in [9.17, 15) is 9.59 Å². The van der Waals surface area contributed by atoms with E-state index < -0.39 is 5.91 Å². The summed E-state index contributed by atoms with van der Waals surface area (Å²) in [6.45, 7) is 0.569. The number of hydrogen-bond donors (Lipinski definition) is 3. The number of nitrogens with zero attached hydrogens (tertiary/aromatic N) is 4. The molecule has 0 aliphatic carbocycles. The largest absolute Gasteiger partial charge is 0.378 e. The Balaban J connectivity index is 1.34. The minimum Gasteiger partial charge on any atom is -0.378 e. The number of fused-ring (bicyclic) bond motifs is 1. The van der Waals surface area contributed by atoms with Crippen LogP contribution in [0.5, 0.6) is 0 Å². The molecule has 0 saturated carbocycles. The number of nitrogens with two attached hydrogens (primary N) is 1. The number of amides is 2. The number of carbonyl (C=O) groups excluding carboxylic acids is 2. The van der Waals surface area contributed by atoms with Gasteiger partial charge in [-0.15, -0.1) is 0 Å². The van der Waals surface area contributed by atoms with E-state index in [-0.39, 0.29) is 24.2 Å². The second-order valence-electron chi connectivity index (χ2n) is 6.57. The molecule has 0 atom stereocenters. The fourth-order valence-corrected chi connectivity index (χ4v) is 2.96. The van der Waals surface area contributed by atoms with Crippen LogP contribution in [0.1, 0.15) is 32.7 Å². The zero-order valence-electron chi connectivity index (χ0n) is 16.1. The van der Waals surface area contributed by atoms with Crippen LogP contribution in [0.3, 0.4) is 0 Å². The SMILES string of the molecule is Cn1c(CNc2ccc(C(=O)NCc3noc(C(N)=O)n3)cc2)nc2ccccc21. The van der Waals surface area contributed by atoms with Crippen molar-refractivity contribution in [2.24, 2.45) is 12.8 Å². The summed E-state index contributed by atoms with van der Waals surface area (Å²) in [5.74, 6) is -0.342. The lowest BCUT2D eigenvalue weighted by molar-refractivity contribution is 0.0944. The second-order valence-corrected chi connectivity index (χ2v) is 6.57. The highest BCUT2D eigenvalue weighted by Crippen LogP contribution is 2.16. The zero-order valence-corrected chi connectivity index (χ0v) is 16.1. The lowest BCUT2D eigenvalue weighted by Crippen LogP contribution is -2.23. The molecule has 4 aromatic rings. The van der Waals surface area contributed by atoms with Crippen molar-refractivity contribution in [1.82, 2.24) is 25.0 Å². The normalized spacial score (nSPS) is 10.8. The van der Waals surface area contributed by atoms with Gasteiger partial charge in [0.1, 0.15) is 5.82 Å². The van der Waals surface area contributed by atoms with Gasteiger partial charge in [-0.2, -0.15) is 4.98 Å². The highest BCUT2D eigenvalue weighted by atomic mass is 16.5. The van der Waals surface area contributed by atoms with Gasteiger partial charge in [-0.25, -0.2) is 4.98 Å². The number of benzene rings is 2. The molecule has 0 aliphatic heterocycles. The maximum atomic E-state index is 12.3. The lowest BCUT2D eigenvalue weighted by atomic mass is 10.2. The number of nitrogens with one attached hydrogen (secondary N) is 2. The molecule has 10 heteroatoms. The van der Waals surface area contributed by atoms with Gasteiger partial charge < -0.3 is 25.5 Å². The molecule has 2 aromatic heterocycles. The molecule has 4 rings (SSSR count). The Bertz CT molecular complexity index is 1210. The summed E-state index contributed by atoms with van der Waals surface area (Å²) in [4.78, 5) is 31.6. The van der Waals surface area contributed by atoms with Crippen molar-refractivity contribution in [3.8, 4) is 0 Å². The molecule has 0 bridgehead atoms. The van der Waals surface area contributed by atoms with E-state index in [0.29, 0.717) is 12.1 Å². The number of para-hydroxylation sites is 2. The molecule has 2 heterocycles. The third kappa shape index (κ3) is 3.97. The molecule has 0 saturated heterocycles. The Hall–Kier alpha value is -4.21. The van der Waals surface area contributed by atoms with Gasteiger partial charge in [0.25, 0.3) is 5.91 Å². The number of primary amides is 1. The summed E-state index contributed by atoms with van der Waals surface area (Å²) in [6.07, 6.45) is 0. The summed E-state index contributed by atoms with van der Waals surface area (Å²) in [6, 6.07) is 15.0. The standard InChI is InChI=1S/C20H19N7O3/c1-27-15-5-3-2-4-14(15)24-17(27)11-22-13-8-6-12(7-9-13)19(29)23-10-16-25-20(18(21)28)30-26-16/h2-9,22H,10-11H2,1H3,(H2,21,28)(H,23,29). The van der Waals surface area contributed by atoms with E-state index in [1.165, 1.54) is 0 Å². The third-order valence-electron chi connectivity index (χ3n) is 4.56. The first kappa shape index (κ1) is 19.1. The minimum atomic E-state index is -0.818. The summed E-state index contributed by atoms with van der Waals surface area (Å²) in [5.41, 5.74) is 8.41. The maximum absolute atomic E-state index is 12.3. The molecule has 152 valence electrons. The number of carbonyl (C=O) groups is 2. The summed E-state index contributed by atoms with van der Waals surface area (Å²) in [7, 11) is 1.98. The quantitative estimate of drug-likeness (QED) is 0.424. The first-order chi connectivity index (χ1) is 14.5. The number of aromatic nitrogens is 4. The van der Waals surface area contributed by atoms with Crippen molar-refractivity contribution in [2.45, 2.75) is 13.1 Å². The van der Waals surface area contributed by atoms with Crippen molar-refractivity contribution < 1.29 is 14.1 Å². The lowest BCUT2D eigenvalue weighted by Gasteiger charge is -2.08. The van der Waals surface area contributed by atoms with E-state index in [1.807, 2.05) is 48.0 Å². The van der Waals surface area contributed by atoms with Crippen molar-refractivity contribution in [3.63, 3.8) is 0 Å². The molecule has 4 N–H and O–H groups in total. The van der Waals surface area contributed by atoms with Crippen molar-refractivity contribution in [1.29, 1.82) is 0 Å². The van der Waals surface area contributed by atoms with E-state index >= 15 is 0 Å². The highest BCUT2D eigenvalue weighted by molar-refractivity contribution is 5.94. The maximum Gasteiger partial charge on any atom is 0.315 e. The van der Waals surface area contributed by atoms with Gasteiger partial charge in [-0.05, 0) is 36.4 Å². The predicted molar refractivity (Wildman–Crippen MR) is 108 cm³/mol. The molecule has 0 aliphatic rings. The highest BCUT2D eigenvalue weighted by Gasteiger charge is 2.13. The third-order valence-corrected chi connectivity index (χ3v) is 4.56. The Morgan fingerprint density at radius 2 is 1.83 bits per heavy atom. The Morgan fingerprint density at radius 3 is 2.53 bits per heavy atom. The Kier molecular flexibility index (Phi) is 5.12. The van der Waals surface area contributed by atoms with E-state index in [1.54, 1.807) is 12.1 Å². The molecule has 0 fully saturated rings. The van der Waals surface area contributed by atoms with E-state index in [2.05, 4.69) is 30.3 Å². The Labute approximate surface area is 171 Å². The van der Waals surface area contributed by atoms with Gasteiger partial charge in [0.15, 0.2) is 5.82 Å². The average molecular weight is 405 g/mol. The van der Waals surface area contributed by atoms with Gasteiger partial charge >= 0.3 is 11.8 Å². The van der Waals surface area contributed by atoms with Gasteiger partial charge in [-0.3, -0.25) is 9.59 Å². The van der Waals surface area contributed by atoms with Gasteiger partial charge in [0.05, 0.1) is 24.1 Å². The van der Waals surface area contributed by atoms with Crippen LogP contribution in [0.15, 0.2) is 53.1 Å². The first-order valence-corrected chi connectivity index (χ1v) is 9.16. The number of hydrogen-bond acceptors (Lipinski definition) is 7. The van der Waals surface area contributed by atoms with Crippen LogP contribution >= 0.6 is 0 Å². The van der Waals surface area contributed by atoms with Crippen LogP contribution < -0.4 is 16.4 Å². The van der Waals surface area contributed by atoms with Gasteiger partial charge in [0, 0.05) is 18.3 Å². The summed E-state index contributed by atoms with van der Waals surface area (Å²) >= 11 is 0.